The maximum absolute atomic E-state index is 3.75. The standard InChI is InChI=1S/C19H32N2/c1-3-17-9-11-18(12-10-17)19(4-2)20-13-16-21-14-7-5-6-8-15-21/h9-12,19-20H,3-8,13-16H2,1-2H3. The SMILES string of the molecule is CCc1ccc(C(CC)NCCN2CCCCCC2)cc1. The molecule has 0 radical (unpaired) electrons. The van der Waals surface area contributed by atoms with Crippen molar-refractivity contribution in [1.82, 2.24) is 10.2 Å². The van der Waals surface area contributed by atoms with Gasteiger partial charge in [0.25, 0.3) is 0 Å². The van der Waals surface area contributed by atoms with Gasteiger partial charge in [0.05, 0.1) is 0 Å². The predicted octanol–water partition coefficient (Wildman–Crippen LogP) is 4.17. The molecule has 1 aliphatic heterocycles. The topological polar surface area (TPSA) is 15.3 Å². The minimum atomic E-state index is 0.503. The molecular weight excluding hydrogens is 256 g/mol. The number of nitrogens with zero attached hydrogens (tertiary/aromatic N) is 1. The Morgan fingerprint density at radius 1 is 1.00 bits per heavy atom. The monoisotopic (exact) mass is 288 g/mol. The molecular formula is C19H32N2. The zero-order valence-electron chi connectivity index (χ0n) is 13.9. The smallest absolute Gasteiger partial charge is 0.0318 e. The molecule has 0 amide bonds. The molecule has 0 bridgehead atoms. The van der Waals surface area contributed by atoms with Crippen LogP contribution in [0.3, 0.4) is 0 Å². The molecule has 1 unspecified atom stereocenters. The molecule has 0 saturated carbocycles. The number of rotatable bonds is 7. The van der Waals surface area contributed by atoms with Crippen molar-refractivity contribution < 1.29 is 0 Å². The number of nitrogens with one attached hydrogen (secondary N) is 1. The Labute approximate surface area is 130 Å². The lowest BCUT2D eigenvalue weighted by atomic mass is 10.0. The van der Waals surface area contributed by atoms with Gasteiger partial charge in [-0.25, -0.2) is 0 Å². The third-order valence-corrected chi connectivity index (χ3v) is 4.72. The third kappa shape index (κ3) is 5.44. The summed E-state index contributed by atoms with van der Waals surface area (Å²) >= 11 is 0. The number of aryl methyl sites for hydroxylation is 1. The van der Waals surface area contributed by atoms with Crippen LogP contribution in [-0.4, -0.2) is 31.1 Å². The van der Waals surface area contributed by atoms with Crippen molar-refractivity contribution in [3.63, 3.8) is 0 Å². The molecule has 1 aromatic rings. The van der Waals surface area contributed by atoms with Gasteiger partial charge in [-0.15, -0.1) is 0 Å². The molecule has 118 valence electrons. The van der Waals surface area contributed by atoms with Crippen LogP contribution < -0.4 is 5.32 Å². The second-order valence-electron chi connectivity index (χ2n) is 6.27. The molecule has 2 rings (SSSR count). The molecule has 1 fully saturated rings. The van der Waals surface area contributed by atoms with Crippen molar-refractivity contribution in [3.05, 3.63) is 35.4 Å². The van der Waals surface area contributed by atoms with Crippen LogP contribution in [0, 0.1) is 0 Å². The molecule has 1 aromatic carbocycles. The largest absolute Gasteiger partial charge is 0.309 e. The quantitative estimate of drug-likeness (QED) is 0.810. The summed E-state index contributed by atoms with van der Waals surface area (Å²) in [7, 11) is 0. The Balaban J connectivity index is 1.78. The van der Waals surface area contributed by atoms with Crippen LogP contribution in [0.2, 0.25) is 0 Å². The average molecular weight is 288 g/mol. The summed E-state index contributed by atoms with van der Waals surface area (Å²) in [6.07, 6.45) is 7.90. The van der Waals surface area contributed by atoms with Crippen molar-refractivity contribution in [1.29, 1.82) is 0 Å². The van der Waals surface area contributed by atoms with Gasteiger partial charge in [0, 0.05) is 19.1 Å². The van der Waals surface area contributed by atoms with E-state index in [1.165, 1.54) is 56.4 Å². The minimum Gasteiger partial charge on any atom is -0.309 e. The van der Waals surface area contributed by atoms with E-state index in [-0.39, 0.29) is 0 Å². The Kier molecular flexibility index (Phi) is 7.25. The van der Waals surface area contributed by atoms with Crippen molar-refractivity contribution in [2.24, 2.45) is 0 Å². The first kappa shape index (κ1) is 16.5. The molecule has 1 aliphatic rings. The number of benzene rings is 1. The number of likely N-dealkylation sites (tertiary alicyclic amines) is 1. The predicted molar refractivity (Wildman–Crippen MR) is 91.8 cm³/mol. The van der Waals surface area contributed by atoms with Crippen LogP contribution in [0.4, 0.5) is 0 Å². The fourth-order valence-electron chi connectivity index (χ4n) is 3.24. The van der Waals surface area contributed by atoms with E-state index >= 15 is 0 Å². The van der Waals surface area contributed by atoms with E-state index in [2.05, 4.69) is 48.3 Å². The molecule has 2 heteroatoms. The van der Waals surface area contributed by atoms with Crippen molar-refractivity contribution in [3.8, 4) is 0 Å². The second-order valence-corrected chi connectivity index (χ2v) is 6.27. The number of hydrogen-bond acceptors (Lipinski definition) is 2. The Morgan fingerprint density at radius 2 is 1.67 bits per heavy atom. The summed E-state index contributed by atoms with van der Waals surface area (Å²) in [6.45, 7) is 9.38. The van der Waals surface area contributed by atoms with Gasteiger partial charge in [-0.3, -0.25) is 0 Å². The summed E-state index contributed by atoms with van der Waals surface area (Å²) in [5.41, 5.74) is 2.86. The maximum Gasteiger partial charge on any atom is 0.0318 e. The van der Waals surface area contributed by atoms with Crippen LogP contribution in [0.5, 0.6) is 0 Å². The summed E-state index contributed by atoms with van der Waals surface area (Å²) in [5, 5.41) is 3.75. The first-order chi connectivity index (χ1) is 10.3. The van der Waals surface area contributed by atoms with E-state index in [0.717, 1.165) is 19.4 Å². The molecule has 1 N–H and O–H groups in total. The molecule has 0 aromatic heterocycles. The fraction of sp³-hybridized carbons (Fsp3) is 0.684. The highest BCUT2D eigenvalue weighted by atomic mass is 15.1. The van der Waals surface area contributed by atoms with Gasteiger partial charge in [-0.05, 0) is 49.9 Å². The average Bonchev–Trinajstić information content (AvgIpc) is 2.80. The van der Waals surface area contributed by atoms with Gasteiger partial charge in [0.2, 0.25) is 0 Å². The Morgan fingerprint density at radius 3 is 2.24 bits per heavy atom. The first-order valence-corrected chi connectivity index (χ1v) is 8.88. The number of hydrogen-bond donors (Lipinski definition) is 1. The fourth-order valence-corrected chi connectivity index (χ4v) is 3.24. The third-order valence-electron chi connectivity index (χ3n) is 4.72. The van der Waals surface area contributed by atoms with Gasteiger partial charge in [0.15, 0.2) is 0 Å². The van der Waals surface area contributed by atoms with Crippen LogP contribution >= 0.6 is 0 Å². The van der Waals surface area contributed by atoms with E-state index in [1.54, 1.807) is 0 Å². The molecule has 0 spiro atoms. The molecule has 0 aliphatic carbocycles. The lowest BCUT2D eigenvalue weighted by Crippen LogP contribution is -2.34. The van der Waals surface area contributed by atoms with Gasteiger partial charge in [-0.2, -0.15) is 0 Å². The lowest BCUT2D eigenvalue weighted by Gasteiger charge is -2.23. The maximum atomic E-state index is 3.75. The Hall–Kier alpha value is -0.860. The molecule has 1 heterocycles. The summed E-state index contributed by atoms with van der Waals surface area (Å²) in [6, 6.07) is 9.64. The molecule has 1 atom stereocenters. The van der Waals surface area contributed by atoms with Gasteiger partial charge < -0.3 is 10.2 Å². The van der Waals surface area contributed by atoms with Crippen LogP contribution in [-0.2, 0) is 6.42 Å². The van der Waals surface area contributed by atoms with Crippen LogP contribution in [0.15, 0.2) is 24.3 Å². The van der Waals surface area contributed by atoms with Gasteiger partial charge in [-0.1, -0.05) is 51.0 Å². The minimum absolute atomic E-state index is 0.503. The van der Waals surface area contributed by atoms with Crippen molar-refractivity contribution in [2.45, 2.75) is 58.4 Å². The van der Waals surface area contributed by atoms with Crippen molar-refractivity contribution in [2.75, 3.05) is 26.2 Å². The van der Waals surface area contributed by atoms with Crippen LogP contribution in [0.1, 0.15) is 63.1 Å². The summed E-state index contributed by atoms with van der Waals surface area (Å²) in [5.74, 6) is 0. The van der Waals surface area contributed by atoms with Crippen LogP contribution in [0.25, 0.3) is 0 Å². The molecule has 2 nitrogen and oxygen atoms in total. The highest BCUT2D eigenvalue weighted by Crippen LogP contribution is 2.17. The van der Waals surface area contributed by atoms with Gasteiger partial charge >= 0.3 is 0 Å². The summed E-state index contributed by atoms with van der Waals surface area (Å²) in [4.78, 5) is 2.63. The van der Waals surface area contributed by atoms with Crippen molar-refractivity contribution >= 4 is 0 Å². The zero-order valence-corrected chi connectivity index (χ0v) is 13.9. The molecule has 21 heavy (non-hydrogen) atoms. The zero-order chi connectivity index (χ0) is 14.9. The highest BCUT2D eigenvalue weighted by molar-refractivity contribution is 5.25. The Bertz CT molecular complexity index is 377. The first-order valence-electron chi connectivity index (χ1n) is 8.88. The van der Waals surface area contributed by atoms with E-state index in [9.17, 15) is 0 Å². The normalized spacial score (nSPS) is 18.4. The lowest BCUT2D eigenvalue weighted by molar-refractivity contribution is 0.278. The van der Waals surface area contributed by atoms with E-state index in [4.69, 9.17) is 0 Å². The summed E-state index contributed by atoms with van der Waals surface area (Å²) < 4.78 is 0. The van der Waals surface area contributed by atoms with Gasteiger partial charge in [0.1, 0.15) is 0 Å². The van der Waals surface area contributed by atoms with E-state index in [0.29, 0.717) is 6.04 Å². The second kappa shape index (κ2) is 9.22. The van der Waals surface area contributed by atoms with E-state index in [1.807, 2.05) is 0 Å². The molecule has 1 saturated heterocycles. The van der Waals surface area contributed by atoms with E-state index < -0.39 is 0 Å². The highest BCUT2D eigenvalue weighted by Gasteiger charge is 2.11.